The molecule has 0 fully saturated rings. The van der Waals surface area contributed by atoms with Gasteiger partial charge in [-0.15, -0.1) is 11.8 Å². The van der Waals surface area contributed by atoms with Crippen LogP contribution in [0.1, 0.15) is 5.56 Å². The molecule has 0 aromatic heterocycles. The molecule has 1 aliphatic rings. The van der Waals surface area contributed by atoms with Crippen LogP contribution >= 0.6 is 23.4 Å². The second kappa shape index (κ2) is 4.98. The fourth-order valence-corrected chi connectivity index (χ4v) is 2.96. The summed E-state index contributed by atoms with van der Waals surface area (Å²) in [6.07, 6.45) is 0. The van der Waals surface area contributed by atoms with Gasteiger partial charge in [-0.2, -0.15) is 0 Å². The smallest absolute Gasteiger partial charge is 0.192 e. The molecule has 0 amide bonds. The van der Waals surface area contributed by atoms with Gasteiger partial charge in [0.15, 0.2) is 5.72 Å². The Morgan fingerprint density at radius 1 is 1.41 bits per heavy atom. The number of halogens is 1. The highest BCUT2D eigenvalue weighted by atomic mass is 35.5. The molecule has 0 unspecified atom stereocenters. The Balaban J connectivity index is 2.21. The summed E-state index contributed by atoms with van der Waals surface area (Å²) in [6.45, 7) is 0.764. The zero-order valence-corrected chi connectivity index (χ0v) is 11.4. The normalized spacial score (nSPS) is 24.2. The summed E-state index contributed by atoms with van der Waals surface area (Å²) in [5.74, 6) is 0.567. The maximum absolute atomic E-state index is 10.5. The molecule has 0 bridgehead atoms. The van der Waals surface area contributed by atoms with Gasteiger partial charge < -0.3 is 10.0 Å². The lowest BCUT2D eigenvalue weighted by molar-refractivity contribution is 0.0756. The van der Waals surface area contributed by atoms with E-state index in [2.05, 4.69) is 4.99 Å². The van der Waals surface area contributed by atoms with Crippen LogP contribution in [0.15, 0.2) is 29.3 Å². The Kier molecular flexibility index (Phi) is 3.78. The third kappa shape index (κ3) is 3.01. The molecule has 1 atom stereocenters. The first-order valence-electron chi connectivity index (χ1n) is 5.34. The average Bonchev–Trinajstić information content (AvgIpc) is 2.61. The lowest BCUT2D eigenvalue weighted by Gasteiger charge is -2.18. The van der Waals surface area contributed by atoms with Crippen LogP contribution < -0.4 is 0 Å². The maximum Gasteiger partial charge on any atom is 0.192 e. The SMILES string of the molecule is CN(C)CC1=N[C@](O)(c2ccc(Cl)cc2)CS1. The molecular formula is C12H15ClN2OS. The third-order valence-corrected chi connectivity index (χ3v) is 3.86. The summed E-state index contributed by atoms with van der Waals surface area (Å²) in [5, 5.41) is 12.1. The van der Waals surface area contributed by atoms with Crippen molar-refractivity contribution in [3.63, 3.8) is 0 Å². The summed E-state index contributed by atoms with van der Waals surface area (Å²) >= 11 is 7.43. The number of aliphatic imine (C=N–C) groups is 1. The lowest BCUT2D eigenvalue weighted by Crippen LogP contribution is -2.23. The number of hydrogen-bond acceptors (Lipinski definition) is 4. The van der Waals surface area contributed by atoms with Crippen molar-refractivity contribution in [2.45, 2.75) is 5.72 Å². The van der Waals surface area contributed by atoms with Crippen LogP contribution in [0.3, 0.4) is 0 Å². The second-order valence-corrected chi connectivity index (χ2v) is 5.84. The number of thioether (sulfide) groups is 1. The fourth-order valence-electron chi connectivity index (χ4n) is 1.67. The van der Waals surface area contributed by atoms with Crippen molar-refractivity contribution in [3.05, 3.63) is 34.9 Å². The molecule has 1 N–H and O–H groups in total. The van der Waals surface area contributed by atoms with Crippen molar-refractivity contribution in [2.75, 3.05) is 26.4 Å². The van der Waals surface area contributed by atoms with Gasteiger partial charge in [0.05, 0.1) is 10.8 Å². The summed E-state index contributed by atoms with van der Waals surface area (Å²) in [6, 6.07) is 7.20. The first kappa shape index (κ1) is 12.9. The van der Waals surface area contributed by atoms with Gasteiger partial charge in [-0.05, 0) is 26.2 Å². The Bertz CT molecular complexity index is 433. The van der Waals surface area contributed by atoms with Gasteiger partial charge in [-0.3, -0.25) is 0 Å². The first-order valence-corrected chi connectivity index (χ1v) is 6.71. The number of nitrogens with zero attached hydrogens (tertiary/aromatic N) is 2. The molecule has 1 aliphatic heterocycles. The largest absolute Gasteiger partial charge is 0.365 e. The van der Waals surface area contributed by atoms with E-state index >= 15 is 0 Å². The van der Waals surface area contributed by atoms with E-state index in [0.717, 1.165) is 17.2 Å². The van der Waals surface area contributed by atoms with Gasteiger partial charge in [-0.25, -0.2) is 4.99 Å². The van der Waals surface area contributed by atoms with E-state index in [1.807, 2.05) is 31.1 Å². The van der Waals surface area contributed by atoms with Crippen molar-refractivity contribution < 1.29 is 5.11 Å². The van der Waals surface area contributed by atoms with Crippen LogP contribution in [0, 0.1) is 0 Å². The van der Waals surface area contributed by atoms with Gasteiger partial charge in [0, 0.05) is 17.1 Å². The van der Waals surface area contributed by atoms with E-state index in [0.29, 0.717) is 10.8 Å². The van der Waals surface area contributed by atoms with Crippen molar-refractivity contribution in [1.29, 1.82) is 0 Å². The standard InChI is InChI=1S/C12H15ClN2OS/c1-15(2)7-11-14-12(16,8-17-11)9-3-5-10(13)6-4-9/h3-6,16H,7-8H2,1-2H3/t12-/m1/s1. The summed E-state index contributed by atoms with van der Waals surface area (Å²) in [4.78, 5) is 6.45. The predicted molar refractivity (Wildman–Crippen MR) is 73.8 cm³/mol. The molecule has 1 aromatic carbocycles. The second-order valence-electron chi connectivity index (χ2n) is 4.36. The number of aliphatic hydroxyl groups is 1. The maximum atomic E-state index is 10.5. The minimum absolute atomic E-state index is 0.567. The van der Waals surface area contributed by atoms with Gasteiger partial charge in [0.25, 0.3) is 0 Å². The average molecular weight is 271 g/mol. The van der Waals surface area contributed by atoms with Crippen molar-refractivity contribution >= 4 is 28.4 Å². The summed E-state index contributed by atoms with van der Waals surface area (Å²) in [5.41, 5.74) is -0.302. The molecule has 2 rings (SSSR count). The molecule has 1 heterocycles. The van der Waals surface area contributed by atoms with Crippen LogP contribution in [-0.4, -0.2) is 41.4 Å². The molecule has 0 aliphatic carbocycles. The summed E-state index contributed by atoms with van der Waals surface area (Å²) in [7, 11) is 3.98. The molecule has 0 radical (unpaired) electrons. The van der Waals surface area contributed by atoms with Gasteiger partial charge in [0.2, 0.25) is 0 Å². The van der Waals surface area contributed by atoms with E-state index in [4.69, 9.17) is 11.6 Å². The Labute approximate surface area is 110 Å². The third-order valence-electron chi connectivity index (χ3n) is 2.51. The van der Waals surface area contributed by atoms with Crippen LogP contribution in [0.25, 0.3) is 0 Å². The monoisotopic (exact) mass is 270 g/mol. The van der Waals surface area contributed by atoms with Crippen molar-refractivity contribution in [2.24, 2.45) is 4.99 Å². The highest BCUT2D eigenvalue weighted by molar-refractivity contribution is 8.14. The Morgan fingerprint density at radius 2 is 2.06 bits per heavy atom. The Morgan fingerprint density at radius 3 is 2.65 bits per heavy atom. The van der Waals surface area contributed by atoms with Gasteiger partial charge >= 0.3 is 0 Å². The van der Waals surface area contributed by atoms with E-state index in [9.17, 15) is 5.11 Å². The van der Waals surface area contributed by atoms with Gasteiger partial charge in [-0.1, -0.05) is 23.7 Å². The van der Waals surface area contributed by atoms with E-state index in [1.165, 1.54) is 0 Å². The highest BCUT2D eigenvalue weighted by Crippen LogP contribution is 2.35. The molecule has 1 aromatic rings. The highest BCUT2D eigenvalue weighted by Gasteiger charge is 2.34. The fraction of sp³-hybridized carbons (Fsp3) is 0.417. The number of benzene rings is 1. The first-order chi connectivity index (χ1) is 7.99. The molecule has 92 valence electrons. The number of hydrogen-bond donors (Lipinski definition) is 1. The molecular weight excluding hydrogens is 256 g/mol. The molecule has 5 heteroatoms. The molecule has 3 nitrogen and oxygen atoms in total. The zero-order chi connectivity index (χ0) is 12.5. The zero-order valence-electron chi connectivity index (χ0n) is 9.85. The van der Waals surface area contributed by atoms with Crippen LogP contribution in [0.4, 0.5) is 0 Å². The molecule has 17 heavy (non-hydrogen) atoms. The lowest BCUT2D eigenvalue weighted by atomic mass is 10.1. The van der Waals surface area contributed by atoms with Crippen molar-refractivity contribution in [1.82, 2.24) is 4.90 Å². The topological polar surface area (TPSA) is 35.8 Å². The quantitative estimate of drug-likeness (QED) is 0.915. The molecule has 0 saturated carbocycles. The van der Waals surface area contributed by atoms with Crippen LogP contribution in [0.2, 0.25) is 5.02 Å². The van der Waals surface area contributed by atoms with Crippen LogP contribution in [-0.2, 0) is 5.72 Å². The molecule has 0 spiro atoms. The van der Waals surface area contributed by atoms with E-state index in [-0.39, 0.29) is 0 Å². The minimum atomic E-state index is -1.10. The van der Waals surface area contributed by atoms with Crippen molar-refractivity contribution in [3.8, 4) is 0 Å². The molecule has 0 saturated heterocycles. The predicted octanol–water partition coefficient (Wildman–Crippen LogP) is 2.19. The summed E-state index contributed by atoms with van der Waals surface area (Å²) < 4.78 is 0. The van der Waals surface area contributed by atoms with E-state index < -0.39 is 5.72 Å². The Hall–Kier alpha value is -0.550. The van der Waals surface area contributed by atoms with Gasteiger partial charge in [0.1, 0.15) is 0 Å². The van der Waals surface area contributed by atoms with E-state index in [1.54, 1.807) is 23.9 Å². The van der Waals surface area contributed by atoms with Crippen LogP contribution in [0.5, 0.6) is 0 Å². The number of rotatable bonds is 3. The minimum Gasteiger partial charge on any atom is -0.365 e.